The van der Waals surface area contributed by atoms with Gasteiger partial charge < -0.3 is 5.32 Å². The molecule has 0 aromatic heterocycles. The Kier molecular flexibility index (Phi) is 4.30. The number of carbonyl (C=O) groups is 3. The van der Waals surface area contributed by atoms with Gasteiger partial charge in [-0.3, -0.25) is 19.4 Å². The fourth-order valence-corrected chi connectivity index (χ4v) is 3.17. The highest BCUT2D eigenvalue weighted by atomic mass is 16.2. The average Bonchev–Trinajstić information content (AvgIpc) is 2.97. The first-order valence-electron chi connectivity index (χ1n) is 8.58. The topological polar surface area (TPSA) is 69.7 Å². The maximum atomic E-state index is 12.6. The summed E-state index contributed by atoms with van der Waals surface area (Å²) in [5, 5.41) is 4.70. The van der Waals surface area contributed by atoms with Gasteiger partial charge in [0.25, 0.3) is 5.91 Å². The Labute approximate surface area is 156 Å². The number of fused-ring (bicyclic) bond motifs is 1. The summed E-state index contributed by atoms with van der Waals surface area (Å²) >= 11 is 0. The minimum Gasteiger partial charge on any atom is -0.324 e. The van der Waals surface area contributed by atoms with Crippen molar-refractivity contribution in [1.82, 2.24) is 4.90 Å². The van der Waals surface area contributed by atoms with E-state index in [4.69, 9.17) is 0 Å². The number of imide groups is 1. The number of rotatable bonds is 4. The van der Waals surface area contributed by atoms with Gasteiger partial charge in [-0.1, -0.05) is 54.6 Å². The van der Waals surface area contributed by atoms with Gasteiger partial charge in [-0.05, 0) is 23.6 Å². The quantitative estimate of drug-likeness (QED) is 0.727. The van der Waals surface area contributed by atoms with Crippen LogP contribution in [0.1, 0.15) is 0 Å². The molecule has 3 aromatic carbocycles. The van der Waals surface area contributed by atoms with E-state index in [-0.39, 0.29) is 13.1 Å². The van der Waals surface area contributed by atoms with Gasteiger partial charge in [0.1, 0.15) is 13.1 Å². The Morgan fingerprint density at radius 3 is 2.41 bits per heavy atom. The van der Waals surface area contributed by atoms with Crippen LogP contribution in [0.3, 0.4) is 0 Å². The number of nitrogens with one attached hydrogen (secondary N) is 1. The van der Waals surface area contributed by atoms with Gasteiger partial charge in [0.05, 0.1) is 0 Å². The molecular formula is C21H17N3O3. The van der Waals surface area contributed by atoms with Crippen LogP contribution in [0.4, 0.5) is 16.2 Å². The highest BCUT2D eigenvalue weighted by Crippen LogP contribution is 2.24. The van der Waals surface area contributed by atoms with Gasteiger partial charge in [-0.2, -0.15) is 0 Å². The molecule has 0 atom stereocenters. The minimum atomic E-state index is -0.487. The SMILES string of the molecule is O=C(CN1C(=O)CN(c2ccccc2)C1=O)Nc1cccc2ccccc12. The first kappa shape index (κ1) is 16.8. The molecule has 0 aliphatic carbocycles. The Hall–Kier alpha value is -3.67. The molecule has 1 N–H and O–H groups in total. The molecule has 6 heteroatoms. The lowest BCUT2D eigenvalue weighted by Gasteiger charge is -2.17. The van der Waals surface area contributed by atoms with E-state index < -0.39 is 17.8 Å². The van der Waals surface area contributed by atoms with Crippen LogP contribution < -0.4 is 10.2 Å². The van der Waals surface area contributed by atoms with Crippen LogP contribution in [0.25, 0.3) is 10.8 Å². The van der Waals surface area contributed by atoms with Crippen molar-refractivity contribution in [3.63, 3.8) is 0 Å². The number of benzene rings is 3. The smallest absolute Gasteiger partial charge is 0.324 e. The van der Waals surface area contributed by atoms with Crippen molar-refractivity contribution < 1.29 is 14.4 Å². The van der Waals surface area contributed by atoms with Crippen LogP contribution in [0, 0.1) is 0 Å². The van der Waals surface area contributed by atoms with Crippen molar-refractivity contribution in [3.8, 4) is 0 Å². The van der Waals surface area contributed by atoms with Crippen LogP contribution in [-0.2, 0) is 9.59 Å². The van der Waals surface area contributed by atoms with Gasteiger partial charge >= 0.3 is 6.03 Å². The lowest BCUT2D eigenvalue weighted by Crippen LogP contribution is -2.39. The number of urea groups is 1. The normalized spacial score (nSPS) is 14.1. The third kappa shape index (κ3) is 3.25. The summed E-state index contributed by atoms with van der Waals surface area (Å²) in [5.74, 6) is -0.806. The van der Waals surface area contributed by atoms with E-state index in [2.05, 4.69) is 5.32 Å². The third-order valence-electron chi connectivity index (χ3n) is 4.49. The Morgan fingerprint density at radius 1 is 0.889 bits per heavy atom. The molecule has 1 saturated heterocycles. The fourth-order valence-electron chi connectivity index (χ4n) is 3.17. The maximum Gasteiger partial charge on any atom is 0.332 e. The second-order valence-electron chi connectivity index (χ2n) is 6.26. The number of carbonyl (C=O) groups excluding carboxylic acids is 3. The lowest BCUT2D eigenvalue weighted by atomic mass is 10.1. The molecule has 0 unspecified atom stereocenters. The third-order valence-corrected chi connectivity index (χ3v) is 4.49. The zero-order valence-corrected chi connectivity index (χ0v) is 14.5. The molecule has 0 radical (unpaired) electrons. The Morgan fingerprint density at radius 2 is 1.59 bits per heavy atom. The summed E-state index contributed by atoms with van der Waals surface area (Å²) < 4.78 is 0. The summed E-state index contributed by atoms with van der Waals surface area (Å²) in [6.07, 6.45) is 0. The largest absolute Gasteiger partial charge is 0.332 e. The number of para-hydroxylation sites is 1. The number of nitrogens with zero attached hydrogens (tertiary/aromatic N) is 2. The van der Waals surface area contributed by atoms with Crippen LogP contribution in [0.2, 0.25) is 0 Å². The van der Waals surface area contributed by atoms with E-state index in [9.17, 15) is 14.4 Å². The predicted molar refractivity (Wildman–Crippen MR) is 103 cm³/mol. The van der Waals surface area contributed by atoms with Crippen molar-refractivity contribution in [2.24, 2.45) is 0 Å². The maximum absolute atomic E-state index is 12.6. The Balaban J connectivity index is 1.49. The van der Waals surface area contributed by atoms with Crippen molar-refractivity contribution in [2.45, 2.75) is 0 Å². The summed E-state index contributed by atoms with van der Waals surface area (Å²) in [6, 6.07) is 21.7. The summed E-state index contributed by atoms with van der Waals surface area (Å²) in [4.78, 5) is 39.6. The van der Waals surface area contributed by atoms with Crippen molar-refractivity contribution in [2.75, 3.05) is 23.3 Å². The standard InChI is InChI=1S/C21H17N3O3/c25-19(22-18-12-6-8-15-7-4-5-11-17(15)18)13-24-20(26)14-23(21(24)27)16-9-2-1-3-10-16/h1-12H,13-14H2,(H,22,25). The van der Waals surface area contributed by atoms with Crippen LogP contribution in [0.15, 0.2) is 72.8 Å². The molecule has 6 nitrogen and oxygen atoms in total. The van der Waals surface area contributed by atoms with Gasteiger partial charge in [0.2, 0.25) is 5.91 Å². The summed E-state index contributed by atoms with van der Waals surface area (Å²) in [5.41, 5.74) is 1.28. The molecule has 1 fully saturated rings. The van der Waals surface area contributed by atoms with Gasteiger partial charge in [-0.15, -0.1) is 0 Å². The molecule has 134 valence electrons. The van der Waals surface area contributed by atoms with Gasteiger partial charge in [0.15, 0.2) is 0 Å². The molecule has 27 heavy (non-hydrogen) atoms. The van der Waals surface area contributed by atoms with Gasteiger partial charge in [-0.25, -0.2) is 4.79 Å². The number of hydrogen-bond acceptors (Lipinski definition) is 3. The molecule has 1 heterocycles. The van der Waals surface area contributed by atoms with E-state index in [1.807, 2.05) is 42.5 Å². The highest BCUT2D eigenvalue weighted by Gasteiger charge is 2.37. The molecule has 1 aliphatic heterocycles. The van der Waals surface area contributed by atoms with Crippen molar-refractivity contribution >= 4 is 40.0 Å². The second kappa shape index (κ2) is 6.92. The minimum absolute atomic E-state index is 0.0651. The van der Waals surface area contributed by atoms with Crippen LogP contribution >= 0.6 is 0 Å². The lowest BCUT2D eigenvalue weighted by molar-refractivity contribution is -0.128. The van der Waals surface area contributed by atoms with E-state index in [0.717, 1.165) is 15.7 Å². The first-order valence-corrected chi connectivity index (χ1v) is 8.58. The average molecular weight is 359 g/mol. The second-order valence-corrected chi connectivity index (χ2v) is 6.26. The zero-order chi connectivity index (χ0) is 18.8. The van der Waals surface area contributed by atoms with Crippen LogP contribution in [0.5, 0.6) is 0 Å². The number of anilines is 2. The number of hydrogen-bond donors (Lipinski definition) is 1. The fraction of sp³-hybridized carbons (Fsp3) is 0.0952. The Bertz CT molecular complexity index is 1030. The molecule has 4 rings (SSSR count). The van der Waals surface area contributed by atoms with E-state index in [1.165, 1.54) is 4.90 Å². The molecule has 0 spiro atoms. The molecule has 0 saturated carbocycles. The monoisotopic (exact) mass is 359 g/mol. The summed E-state index contributed by atoms with van der Waals surface area (Å²) in [6.45, 7) is -0.380. The predicted octanol–water partition coefficient (Wildman–Crippen LogP) is 3.25. The van der Waals surface area contributed by atoms with Crippen molar-refractivity contribution in [3.05, 3.63) is 72.8 Å². The number of amides is 4. The first-order chi connectivity index (χ1) is 13.1. The molecule has 0 bridgehead atoms. The van der Waals surface area contributed by atoms with Crippen LogP contribution in [-0.4, -0.2) is 35.8 Å². The van der Waals surface area contributed by atoms with E-state index >= 15 is 0 Å². The molecule has 4 amide bonds. The van der Waals surface area contributed by atoms with Gasteiger partial charge in [0, 0.05) is 16.8 Å². The molecule has 1 aliphatic rings. The highest BCUT2D eigenvalue weighted by molar-refractivity contribution is 6.14. The van der Waals surface area contributed by atoms with Crippen molar-refractivity contribution in [1.29, 1.82) is 0 Å². The zero-order valence-electron chi connectivity index (χ0n) is 14.5. The molecular weight excluding hydrogens is 342 g/mol. The van der Waals surface area contributed by atoms with E-state index in [1.54, 1.807) is 30.3 Å². The summed E-state index contributed by atoms with van der Waals surface area (Å²) in [7, 11) is 0. The molecule has 3 aromatic rings. The van der Waals surface area contributed by atoms with E-state index in [0.29, 0.717) is 11.4 Å².